The minimum absolute atomic E-state index is 0.0560. The normalized spacial score (nSPS) is 15.2. The molecule has 0 unspecified atom stereocenters. The van der Waals surface area contributed by atoms with Gasteiger partial charge >= 0.3 is 0 Å². The highest BCUT2D eigenvalue weighted by Crippen LogP contribution is 2.27. The molecule has 1 aromatic carbocycles. The van der Waals surface area contributed by atoms with Gasteiger partial charge in [-0.1, -0.05) is 53.6 Å². The van der Waals surface area contributed by atoms with Crippen molar-refractivity contribution in [2.45, 2.75) is 12.8 Å². The van der Waals surface area contributed by atoms with E-state index in [0.29, 0.717) is 26.8 Å². The summed E-state index contributed by atoms with van der Waals surface area (Å²) in [5, 5.41) is 0.891. The third-order valence-corrected chi connectivity index (χ3v) is 3.91. The molecule has 0 aromatic heterocycles. The maximum absolute atomic E-state index is 12.4. The summed E-state index contributed by atoms with van der Waals surface area (Å²) in [5.74, 6) is -0.0560. The van der Waals surface area contributed by atoms with Crippen LogP contribution in [-0.4, -0.2) is 12.3 Å². The van der Waals surface area contributed by atoms with Crippen molar-refractivity contribution in [3.05, 3.63) is 63.2 Å². The molecule has 0 radical (unpaired) electrons. The highest BCUT2D eigenvalue weighted by atomic mass is 35.5. The van der Waals surface area contributed by atoms with E-state index in [1.807, 2.05) is 24.3 Å². The zero-order chi connectivity index (χ0) is 14.5. The van der Waals surface area contributed by atoms with Crippen LogP contribution in [0.15, 0.2) is 47.6 Å². The van der Waals surface area contributed by atoms with E-state index >= 15 is 0 Å². The molecule has 1 aliphatic rings. The molecule has 1 aliphatic carbocycles. The van der Waals surface area contributed by atoms with E-state index in [4.69, 9.17) is 28.9 Å². The standard InChI is InChI=1S/C16H15Cl2NO/c17-14-8-4-7-12(15(14)18)9-13(10-19)16(20)11-5-2-1-3-6-11/h2,4-9H,1,3,10,19H2/b13-9+. The zero-order valence-electron chi connectivity index (χ0n) is 10.9. The van der Waals surface area contributed by atoms with E-state index in [-0.39, 0.29) is 12.3 Å². The highest BCUT2D eigenvalue weighted by molar-refractivity contribution is 6.43. The Bertz CT molecular complexity index is 615. The number of allylic oxidation sites excluding steroid dienone is 4. The van der Waals surface area contributed by atoms with Gasteiger partial charge in [0.15, 0.2) is 5.78 Å². The lowest BCUT2D eigenvalue weighted by Crippen LogP contribution is -2.14. The monoisotopic (exact) mass is 307 g/mol. The van der Waals surface area contributed by atoms with Crippen molar-refractivity contribution in [2.24, 2.45) is 5.73 Å². The lowest BCUT2D eigenvalue weighted by Gasteiger charge is -2.09. The van der Waals surface area contributed by atoms with Crippen molar-refractivity contribution in [3.8, 4) is 0 Å². The van der Waals surface area contributed by atoms with Gasteiger partial charge in [0.1, 0.15) is 0 Å². The Morgan fingerprint density at radius 3 is 2.75 bits per heavy atom. The second-order valence-corrected chi connectivity index (χ2v) is 5.27. The molecule has 0 fully saturated rings. The number of Topliss-reactive ketones (excluding diaryl/α,β-unsaturated/α-hetero) is 1. The molecule has 2 nitrogen and oxygen atoms in total. The van der Waals surface area contributed by atoms with E-state index in [1.54, 1.807) is 18.2 Å². The number of hydrogen-bond donors (Lipinski definition) is 1. The molecule has 0 amide bonds. The summed E-state index contributed by atoms with van der Waals surface area (Å²) in [6, 6.07) is 5.30. The first-order chi connectivity index (χ1) is 9.63. The summed E-state index contributed by atoms with van der Waals surface area (Å²) in [5.41, 5.74) is 7.61. The topological polar surface area (TPSA) is 43.1 Å². The number of halogens is 2. The second kappa shape index (κ2) is 6.89. The van der Waals surface area contributed by atoms with Crippen LogP contribution in [0.4, 0.5) is 0 Å². The molecule has 1 aromatic rings. The van der Waals surface area contributed by atoms with Crippen molar-refractivity contribution in [1.82, 2.24) is 0 Å². The molecule has 0 bridgehead atoms. The molecule has 2 rings (SSSR count). The Balaban J connectivity index is 2.34. The number of carbonyl (C=O) groups excluding carboxylic acids is 1. The van der Waals surface area contributed by atoms with Crippen LogP contribution in [0.1, 0.15) is 18.4 Å². The van der Waals surface area contributed by atoms with Gasteiger partial charge in [0.2, 0.25) is 0 Å². The molecule has 0 heterocycles. The fourth-order valence-electron chi connectivity index (χ4n) is 2.00. The third kappa shape index (κ3) is 3.40. The molecule has 2 N–H and O–H groups in total. The van der Waals surface area contributed by atoms with Crippen LogP contribution in [0.2, 0.25) is 10.0 Å². The van der Waals surface area contributed by atoms with Gasteiger partial charge in [-0.25, -0.2) is 0 Å². The fourth-order valence-corrected chi connectivity index (χ4v) is 2.37. The molecular weight excluding hydrogens is 293 g/mol. The summed E-state index contributed by atoms with van der Waals surface area (Å²) < 4.78 is 0. The Morgan fingerprint density at radius 1 is 1.30 bits per heavy atom. The van der Waals surface area contributed by atoms with E-state index in [1.165, 1.54) is 0 Å². The molecule has 20 heavy (non-hydrogen) atoms. The largest absolute Gasteiger partial charge is 0.326 e. The van der Waals surface area contributed by atoms with Crippen LogP contribution in [0.5, 0.6) is 0 Å². The number of ketones is 1. The first kappa shape index (κ1) is 15.0. The predicted octanol–water partition coefficient (Wildman–Crippen LogP) is 4.18. The van der Waals surface area contributed by atoms with Crippen LogP contribution < -0.4 is 5.73 Å². The van der Waals surface area contributed by atoms with Crippen molar-refractivity contribution in [1.29, 1.82) is 0 Å². The van der Waals surface area contributed by atoms with E-state index in [0.717, 1.165) is 12.8 Å². The first-order valence-electron chi connectivity index (χ1n) is 6.39. The van der Waals surface area contributed by atoms with Crippen LogP contribution >= 0.6 is 23.2 Å². The van der Waals surface area contributed by atoms with Crippen LogP contribution in [0.25, 0.3) is 6.08 Å². The molecule has 104 valence electrons. The van der Waals surface area contributed by atoms with Gasteiger partial charge in [0.25, 0.3) is 0 Å². The Labute approximate surface area is 128 Å². The number of rotatable bonds is 4. The molecule has 0 spiro atoms. The van der Waals surface area contributed by atoms with Gasteiger partial charge in [-0.3, -0.25) is 4.79 Å². The van der Waals surface area contributed by atoms with Gasteiger partial charge in [0.05, 0.1) is 10.0 Å². The third-order valence-electron chi connectivity index (χ3n) is 3.08. The minimum Gasteiger partial charge on any atom is -0.326 e. The second-order valence-electron chi connectivity index (χ2n) is 4.49. The number of hydrogen-bond acceptors (Lipinski definition) is 2. The number of benzene rings is 1. The van der Waals surface area contributed by atoms with E-state index in [9.17, 15) is 4.79 Å². The average molecular weight is 308 g/mol. The van der Waals surface area contributed by atoms with E-state index < -0.39 is 0 Å². The van der Waals surface area contributed by atoms with Crippen molar-refractivity contribution in [2.75, 3.05) is 6.54 Å². The maximum Gasteiger partial charge on any atom is 0.189 e. The van der Waals surface area contributed by atoms with Crippen molar-refractivity contribution < 1.29 is 4.79 Å². The first-order valence-corrected chi connectivity index (χ1v) is 7.15. The molecular formula is C16H15Cl2NO. The molecule has 0 aliphatic heterocycles. The number of nitrogens with two attached hydrogens (primary N) is 1. The SMILES string of the molecule is NC/C(=C\c1cccc(Cl)c1Cl)C(=O)C1=CCCC=C1. The summed E-state index contributed by atoms with van der Waals surface area (Å²) >= 11 is 12.1. The fraction of sp³-hybridized carbons (Fsp3) is 0.188. The molecule has 0 saturated heterocycles. The van der Waals surface area contributed by atoms with Crippen LogP contribution in [0.3, 0.4) is 0 Å². The average Bonchev–Trinajstić information content (AvgIpc) is 2.49. The van der Waals surface area contributed by atoms with Gasteiger partial charge in [-0.05, 0) is 30.5 Å². The van der Waals surface area contributed by atoms with Gasteiger partial charge in [-0.15, -0.1) is 0 Å². The lowest BCUT2D eigenvalue weighted by atomic mass is 9.97. The molecule has 0 saturated carbocycles. The Hall–Kier alpha value is -1.35. The van der Waals surface area contributed by atoms with Crippen molar-refractivity contribution in [3.63, 3.8) is 0 Å². The summed E-state index contributed by atoms with van der Waals surface area (Å²) in [7, 11) is 0. The smallest absolute Gasteiger partial charge is 0.189 e. The van der Waals surface area contributed by atoms with E-state index in [2.05, 4.69) is 0 Å². The zero-order valence-corrected chi connectivity index (χ0v) is 12.4. The van der Waals surface area contributed by atoms with Crippen LogP contribution in [0, 0.1) is 0 Å². The number of carbonyl (C=O) groups is 1. The quantitative estimate of drug-likeness (QED) is 0.848. The lowest BCUT2D eigenvalue weighted by molar-refractivity contribution is -0.111. The highest BCUT2D eigenvalue weighted by Gasteiger charge is 2.14. The van der Waals surface area contributed by atoms with Gasteiger partial charge in [0, 0.05) is 17.7 Å². The van der Waals surface area contributed by atoms with Gasteiger partial charge < -0.3 is 5.73 Å². The summed E-state index contributed by atoms with van der Waals surface area (Å²) in [4.78, 5) is 12.4. The summed E-state index contributed by atoms with van der Waals surface area (Å²) in [6.45, 7) is 0.160. The Kier molecular flexibility index (Phi) is 5.18. The van der Waals surface area contributed by atoms with Crippen LogP contribution in [-0.2, 0) is 4.79 Å². The maximum atomic E-state index is 12.4. The minimum atomic E-state index is -0.0560. The summed E-state index contributed by atoms with van der Waals surface area (Å²) in [6.07, 6.45) is 9.33. The predicted molar refractivity (Wildman–Crippen MR) is 85.0 cm³/mol. The molecule has 0 atom stereocenters. The molecule has 4 heteroatoms. The van der Waals surface area contributed by atoms with Crippen molar-refractivity contribution >= 4 is 35.1 Å². The Morgan fingerprint density at radius 2 is 2.10 bits per heavy atom. The van der Waals surface area contributed by atoms with Gasteiger partial charge in [-0.2, -0.15) is 0 Å².